The number of carbonyl (C=O) groups is 1. The van der Waals surface area contributed by atoms with Crippen LogP contribution in [0.25, 0.3) is 6.08 Å². The average molecular weight is 329 g/mol. The van der Waals surface area contributed by atoms with Crippen LogP contribution in [0.2, 0.25) is 0 Å². The van der Waals surface area contributed by atoms with Crippen molar-refractivity contribution in [2.45, 2.75) is 0 Å². The van der Waals surface area contributed by atoms with E-state index in [1.54, 1.807) is 31.3 Å². The number of methoxy groups -OCH3 is 1. The Morgan fingerprint density at radius 3 is 2.58 bits per heavy atom. The summed E-state index contributed by atoms with van der Waals surface area (Å²) in [5.74, 6) is -0.619. The summed E-state index contributed by atoms with van der Waals surface area (Å²) >= 11 is 3.23. The molecule has 0 spiro atoms. The van der Waals surface area contributed by atoms with E-state index in [1.165, 1.54) is 19.2 Å². The smallest absolute Gasteiger partial charge is 0.338 e. The third-order valence-electron chi connectivity index (χ3n) is 2.26. The molecule has 19 heavy (non-hydrogen) atoms. The SMILES string of the molecule is COC(=O)c1cc(Br)c(C=CN(C)C)c([N+](=O)[O-])c1. The van der Waals surface area contributed by atoms with E-state index in [4.69, 9.17) is 0 Å². The molecular formula is C12H13BrN2O4. The van der Waals surface area contributed by atoms with Crippen molar-refractivity contribution in [2.24, 2.45) is 0 Å². The average Bonchev–Trinajstić information content (AvgIpc) is 2.35. The molecule has 1 rings (SSSR count). The first-order chi connectivity index (χ1) is 8.86. The minimum Gasteiger partial charge on any atom is -0.465 e. The molecular weight excluding hydrogens is 316 g/mol. The number of hydrogen-bond donors (Lipinski definition) is 0. The fourth-order valence-electron chi connectivity index (χ4n) is 1.38. The van der Waals surface area contributed by atoms with Gasteiger partial charge in [0.15, 0.2) is 0 Å². The summed E-state index contributed by atoms with van der Waals surface area (Å²) in [6.45, 7) is 0. The maximum absolute atomic E-state index is 11.4. The number of carbonyl (C=O) groups excluding carboxylic acids is 1. The summed E-state index contributed by atoms with van der Waals surface area (Å²) in [7, 11) is 4.83. The van der Waals surface area contributed by atoms with Gasteiger partial charge in [-0.2, -0.15) is 0 Å². The van der Waals surface area contributed by atoms with E-state index in [2.05, 4.69) is 20.7 Å². The monoisotopic (exact) mass is 328 g/mol. The molecule has 0 aliphatic rings. The first kappa shape index (κ1) is 15.2. The molecule has 1 aromatic rings. The van der Waals surface area contributed by atoms with Crippen LogP contribution < -0.4 is 0 Å². The predicted molar refractivity (Wildman–Crippen MR) is 74.9 cm³/mol. The molecule has 0 radical (unpaired) electrons. The van der Waals surface area contributed by atoms with Crippen molar-refractivity contribution in [3.8, 4) is 0 Å². The van der Waals surface area contributed by atoms with Gasteiger partial charge in [-0.15, -0.1) is 0 Å². The quantitative estimate of drug-likeness (QED) is 0.482. The van der Waals surface area contributed by atoms with Gasteiger partial charge in [0.2, 0.25) is 0 Å². The minimum absolute atomic E-state index is 0.128. The van der Waals surface area contributed by atoms with Gasteiger partial charge in [0.1, 0.15) is 0 Å². The zero-order valence-corrected chi connectivity index (χ0v) is 12.3. The fraction of sp³-hybridized carbons (Fsp3) is 0.250. The third kappa shape index (κ3) is 3.78. The Hall–Kier alpha value is -1.89. The molecule has 0 bridgehead atoms. The Labute approximate surface area is 118 Å². The number of benzene rings is 1. The summed E-state index contributed by atoms with van der Waals surface area (Å²) in [4.78, 5) is 23.7. The molecule has 0 fully saturated rings. The second-order valence-electron chi connectivity index (χ2n) is 3.92. The third-order valence-corrected chi connectivity index (χ3v) is 2.92. The lowest BCUT2D eigenvalue weighted by Crippen LogP contribution is -2.04. The Kier molecular flexibility index (Phi) is 5.05. The van der Waals surface area contributed by atoms with Gasteiger partial charge in [0.05, 0.1) is 23.2 Å². The maximum atomic E-state index is 11.4. The molecule has 0 aliphatic heterocycles. The molecule has 7 heteroatoms. The molecule has 0 saturated carbocycles. The van der Waals surface area contributed by atoms with Gasteiger partial charge >= 0.3 is 5.97 Å². The second kappa shape index (κ2) is 6.33. The molecule has 0 amide bonds. The van der Waals surface area contributed by atoms with Gasteiger partial charge in [0, 0.05) is 24.6 Å². The van der Waals surface area contributed by atoms with Crippen LogP contribution in [0.4, 0.5) is 5.69 Å². The number of nitrogens with zero attached hydrogens (tertiary/aromatic N) is 2. The van der Waals surface area contributed by atoms with Gasteiger partial charge in [-0.05, 0) is 34.3 Å². The van der Waals surface area contributed by atoms with E-state index < -0.39 is 10.9 Å². The van der Waals surface area contributed by atoms with Gasteiger partial charge in [-0.25, -0.2) is 4.79 Å². The number of hydrogen-bond acceptors (Lipinski definition) is 5. The summed E-state index contributed by atoms with van der Waals surface area (Å²) in [5.41, 5.74) is 0.363. The van der Waals surface area contributed by atoms with Gasteiger partial charge in [-0.1, -0.05) is 0 Å². The lowest BCUT2D eigenvalue weighted by atomic mass is 10.1. The zero-order valence-electron chi connectivity index (χ0n) is 10.7. The van der Waals surface area contributed by atoms with E-state index in [1.807, 2.05) is 0 Å². The fourth-order valence-corrected chi connectivity index (χ4v) is 1.96. The van der Waals surface area contributed by atoms with Crippen LogP contribution in [-0.4, -0.2) is 37.0 Å². The van der Waals surface area contributed by atoms with Crippen LogP contribution in [-0.2, 0) is 4.74 Å². The number of esters is 1. The molecule has 6 nitrogen and oxygen atoms in total. The van der Waals surface area contributed by atoms with Crippen molar-refractivity contribution in [2.75, 3.05) is 21.2 Å². The van der Waals surface area contributed by atoms with Crippen molar-refractivity contribution < 1.29 is 14.5 Å². The summed E-state index contributed by atoms with van der Waals surface area (Å²) < 4.78 is 5.01. The largest absolute Gasteiger partial charge is 0.465 e. The number of rotatable bonds is 4. The molecule has 1 aromatic carbocycles. The number of nitro benzene ring substituents is 1. The van der Waals surface area contributed by atoms with E-state index in [-0.39, 0.29) is 11.3 Å². The van der Waals surface area contributed by atoms with Gasteiger partial charge in [0.25, 0.3) is 5.69 Å². The highest BCUT2D eigenvalue weighted by Gasteiger charge is 2.19. The molecule has 0 heterocycles. The first-order valence-electron chi connectivity index (χ1n) is 5.27. The molecule has 0 N–H and O–H groups in total. The van der Waals surface area contributed by atoms with Crippen LogP contribution in [0.15, 0.2) is 22.8 Å². The predicted octanol–water partition coefficient (Wildman–Crippen LogP) is 2.68. The van der Waals surface area contributed by atoms with E-state index >= 15 is 0 Å². The lowest BCUT2D eigenvalue weighted by Gasteiger charge is -2.07. The van der Waals surface area contributed by atoms with Gasteiger partial charge in [-0.3, -0.25) is 10.1 Å². The van der Waals surface area contributed by atoms with Gasteiger partial charge < -0.3 is 9.64 Å². The van der Waals surface area contributed by atoms with Crippen molar-refractivity contribution in [3.63, 3.8) is 0 Å². The highest BCUT2D eigenvalue weighted by Crippen LogP contribution is 2.30. The Morgan fingerprint density at radius 2 is 2.11 bits per heavy atom. The Bertz CT molecular complexity index is 541. The minimum atomic E-state index is -0.619. The van der Waals surface area contributed by atoms with Crippen LogP contribution >= 0.6 is 15.9 Å². The number of ether oxygens (including phenoxy) is 1. The van der Waals surface area contributed by atoms with E-state index in [0.29, 0.717) is 10.0 Å². The molecule has 102 valence electrons. The summed E-state index contributed by atoms with van der Waals surface area (Å²) in [5, 5.41) is 11.1. The van der Waals surface area contributed by atoms with Crippen LogP contribution in [0.3, 0.4) is 0 Å². The topological polar surface area (TPSA) is 72.7 Å². The van der Waals surface area contributed by atoms with Crippen molar-refractivity contribution in [1.29, 1.82) is 0 Å². The van der Waals surface area contributed by atoms with Crippen LogP contribution in [0.5, 0.6) is 0 Å². The molecule has 0 atom stereocenters. The number of halogens is 1. The molecule has 0 aliphatic carbocycles. The van der Waals surface area contributed by atoms with Crippen molar-refractivity contribution >= 4 is 33.7 Å². The second-order valence-corrected chi connectivity index (χ2v) is 4.77. The Balaban J connectivity index is 3.39. The zero-order chi connectivity index (χ0) is 14.6. The standard InChI is InChI=1S/C12H13BrN2O4/c1-14(2)5-4-9-10(13)6-8(12(16)19-3)7-11(9)15(17)18/h4-7H,1-3H3. The normalized spacial score (nSPS) is 10.5. The summed E-state index contributed by atoms with van der Waals surface area (Å²) in [6.07, 6.45) is 3.29. The highest BCUT2D eigenvalue weighted by molar-refractivity contribution is 9.10. The summed E-state index contributed by atoms with van der Waals surface area (Å²) in [6, 6.07) is 2.69. The first-order valence-corrected chi connectivity index (χ1v) is 6.07. The van der Waals surface area contributed by atoms with E-state index in [0.717, 1.165) is 0 Å². The highest BCUT2D eigenvalue weighted by atomic mass is 79.9. The van der Waals surface area contributed by atoms with Crippen molar-refractivity contribution in [1.82, 2.24) is 4.90 Å². The van der Waals surface area contributed by atoms with E-state index in [9.17, 15) is 14.9 Å². The van der Waals surface area contributed by atoms with Crippen LogP contribution in [0, 0.1) is 10.1 Å². The molecule has 0 saturated heterocycles. The van der Waals surface area contributed by atoms with Crippen molar-refractivity contribution in [3.05, 3.63) is 44.0 Å². The molecule has 0 unspecified atom stereocenters. The number of nitro groups is 1. The Morgan fingerprint density at radius 1 is 1.47 bits per heavy atom. The maximum Gasteiger partial charge on any atom is 0.338 e. The lowest BCUT2D eigenvalue weighted by molar-refractivity contribution is -0.385. The van der Waals surface area contributed by atoms with Crippen LogP contribution in [0.1, 0.15) is 15.9 Å². The molecule has 0 aromatic heterocycles.